The maximum absolute atomic E-state index is 14.4. The molecule has 3 N–H and O–H groups in total. The van der Waals surface area contributed by atoms with Gasteiger partial charge in [0.05, 0.1) is 11.8 Å². The second kappa shape index (κ2) is 7.95. The van der Waals surface area contributed by atoms with Crippen molar-refractivity contribution in [1.29, 1.82) is 0 Å². The minimum absolute atomic E-state index is 0. The first-order valence-electron chi connectivity index (χ1n) is 7.96. The van der Waals surface area contributed by atoms with Gasteiger partial charge in [0.2, 0.25) is 0 Å². The lowest BCUT2D eigenvalue weighted by atomic mass is 10.1. The molecule has 2 heterocycles. The predicted octanol–water partition coefficient (Wildman–Crippen LogP) is 1.36. The van der Waals surface area contributed by atoms with Gasteiger partial charge in [0, 0.05) is 36.8 Å². The third kappa shape index (κ3) is 4.18. The Morgan fingerprint density at radius 3 is 2.72 bits per heavy atom. The van der Waals surface area contributed by atoms with Gasteiger partial charge in [-0.2, -0.15) is 5.10 Å². The van der Waals surface area contributed by atoms with Crippen LogP contribution < -0.4 is 10.6 Å². The van der Waals surface area contributed by atoms with Crippen molar-refractivity contribution >= 4 is 18.3 Å². The molecule has 0 radical (unpaired) electrons. The molecular weight excluding hydrogens is 347 g/mol. The van der Waals surface area contributed by atoms with E-state index in [2.05, 4.69) is 15.7 Å². The van der Waals surface area contributed by atoms with Crippen molar-refractivity contribution in [2.45, 2.75) is 20.0 Å². The fourth-order valence-electron chi connectivity index (χ4n) is 2.95. The summed E-state index contributed by atoms with van der Waals surface area (Å²) in [6, 6.07) is 6.20. The topological polar surface area (TPSA) is 79.2 Å². The average molecular weight is 369 g/mol. The molecule has 3 rings (SSSR count). The van der Waals surface area contributed by atoms with Crippen LogP contribution in [-0.2, 0) is 0 Å². The molecule has 1 amide bonds. The number of hydrogen-bond acceptors (Lipinski definition) is 4. The van der Waals surface area contributed by atoms with E-state index in [0.717, 1.165) is 11.4 Å². The number of carbonyl (C=O) groups is 1. The van der Waals surface area contributed by atoms with Crippen LogP contribution in [-0.4, -0.2) is 46.5 Å². The number of nitrogens with zero attached hydrogens (tertiary/aromatic N) is 2. The zero-order valence-corrected chi connectivity index (χ0v) is 14.9. The number of halogens is 2. The molecule has 2 atom stereocenters. The van der Waals surface area contributed by atoms with Crippen LogP contribution in [0, 0.1) is 25.6 Å². The number of rotatable bonds is 4. The van der Waals surface area contributed by atoms with Crippen LogP contribution in [0.3, 0.4) is 0 Å². The summed E-state index contributed by atoms with van der Waals surface area (Å²) in [5, 5.41) is 19.8. The molecule has 0 saturated carbocycles. The van der Waals surface area contributed by atoms with Crippen LogP contribution in [0.25, 0.3) is 5.69 Å². The lowest BCUT2D eigenvalue weighted by molar-refractivity contribution is 0.0926. The van der Waals surface area contributed by atoms with Crippen LogP contribution in [0.5, 0.6) is 0 Å². The molecule has 1 aliphatic heterocycles. The van der Waals surface area contributed by atoms with E-state index >= 15 is 0 Å². The molecule has 0 bridgehead atoms. The van der Waals surface area contributed by atoms with Crippen molar-refractivity contribution in [3.8, 4) is 5.69 Å². The van der Waals surface area contributed by atoms with E-state index in [9.17, 15) is 14.3 Å². The van der Waals surface area contributed by atoms with Crippen molar-refractivity contribution in [3.05, 3.63) is 47.0 Å². The van der Waals surface area contributed by atoms with Crippen LogP contribution >= 0.6 is 12.4 Å². The molecule has 0 aliphatic carbocycles. The fourth-order valence-corrected chi connectivity index (χ4v) is 2.95. The molecule has 1 aromatic carbocycles. The molecule has 136 valence electrons. The average Bonchev–Trinajstić information content (AvgIpc) is 3.09. The van der Waals surface area contributed by atoms with Crippen molar-refractivity contribution in [1.82, 2.24) is 20.4 Å². The van der Waals surface area contributed by atoms with E-state index in [1.807, 2.05) is 19.9 Å². The van der Waals surface area contributed by atoms with Crippen molar-refractivity contribution in [2.24, 2.45) is 5.92 Å². The van der Waals surface area contributed by atoms with E-state index in [0.29, 0.717) is 25.3 Å². The van der Waals surface area contributed by atoms with E-state index in [1.165, 1.54) is 10.7 Å². The Morgan fingerprint density at radius 1 is 1.40 bits per heavy atom. The lowest BCUT2D eigenvalue weighted by Crippen LogP contribution is -2.34. The summed E-state index contributed by atoms with van der Waals surface area (Å²) in [4.78, 5) is 12.2. The first-order valence-corrected chi connectivity index (χ1v) is 7.96. The standard InChI is InChI=1S/C17H21FN4O2.ClH/c1-10-5-11(2)22(21-10)15-4-3-12(6-14(15)18)17(24)20-8-13-7-19-9-16(13)23;/h3-6,13,16,19,23H,7-9H2,1-2H3,(H,20,24);1H. The van der Waals surface area contributed by atoms with E-state index in [4.69, 9.17) is 0 Å². The summed E-state index contributed by atoms with van der Waals surface area (Å²) in [6.45, 7) is 5.24. The number of carbonyl (C=O) groups excluding carboxylic acids is 1. The maximum atomic E-state index is 14.4. The van der Waals surface area contributed by atoms with E-state index < -0.39 is 11.9 Å². The molecule has 6 nitrogen and oxygen atoms in total. The number of aliphatic hydroxyl groups excluding tert-OH is 1. The minimum Gasteiger partial charge on any atom is -0.391 e. The Kier molecular flexibility index (Phi) is 6.16. The summed E-state index contributed by atoms with van der Waals surface area (Å²) in [6.07, 6.45) is -0.463. The first-order chi connectivity index (χ1) is 11.5. The quantitative estimate of drug-likeness (QED) is 0.761. The van der Waals surface area contributed by atoms with Gasteiger partial charge in [-0.05, 0) is 38.1 Å². The number of benzene rings is 1. The number of nitrogens with one attached hydrogen (secondary N) is 2. The summed E-state index contributed by atoms with van der Waals surface area (Å²) in [7, 11) is 0. The third-order valence-electron chi connectivity index (χ3n) is 4.28. The van der Waals surface area contributed by atoms with Crippen molar-refractivity contribution in [3.63, 3.8) is 0 Å². The third-order valence-corrected chi connectivity index (χ3v) is 4.28. The van der Waals surface area contributed by atoms with Gasteiger partial charge >= 0.3 is 0 Å². The van der Waals surface area contributed by atoms with Crippen LogP contribution in [0.1, 0.15) is 21.7 Å². The Bertz CT molecular complexity index is 765. The summed E-state index contributed by atoms with van der Waals surface area (Å²) in [5.41, 5.74) is 2.19. The molecule has 1 fully saturated rings. The second-order valence-electron chi connectivity index (χ2n) is 6.20. The first kappa shape index (κ1) is 19.4. The Hall–Kier alpha value is -1.96. The number of hydrogen-bond donors (Lipinski definition) is 3. The van der Waals surface area contributed by atoms with Gasteiger partial charge in [-0.1, -0.05) is 0 Å². The zero-order chi connectivity index (χ0) is 17.3. The minimum atomic E-state index is -0.503. The van der Waals surface area contributed by atoms with Crippen molar-refractivity contribution in [2.75, 3.05) is 19.6 Å². The van der Waals surface area contributed by atoms with Crippen molar-refractivity contribution < 1.29 is 14.3 Å². The summed E-state index contributed by atoms with van der Waals surface area (Å²) < 4.78 is 15.9. The van der Waals surface area contributed by atoms with E-state index in [-0.39, 0.29) is 29.8 Å². The molecule has 1 saturated heterocycles. The molecule has 25 heavy (non-hydrogen) atoms. The zero-order valence-electron chi connectivity index (χ0n) is 14.1. The van der Waals surface area contributed by atoms with Crippen LogP contribution in [0.2, 0.25) is 0 Å². The van der Waals surface area contributed by atoms with Gasteiger partial charge in [0.1, 0.15) is 11.5 Å². The Morgan fingerprint density at radius 2 is 2.16 bits per heavy atom. The Labute approximate surface area is 151 Å². The van der Waals surface area contributed by atoms with Gasteiger partial charge < -0.3 is 15.7 Å². The summed E-state index contributed by atoms with van der Waals surface area (Å²) >= 11 is 0. The molecule has 1 aromatic heterocycles. The summed E-state index contributed by atoms with van der Waals surface area (Å²) in [5.74, 6) is -0.878. The number of aryl methyl sites for hydroxylation is 2. The number of aromatic nitrogens is 2. The van der Waals surface area contributed by atoms with Crippen LogP contribution in [0.15, 0.2) is 24.3 Å². The molecule has 2 unspecified atom stereocenters. The van der Waals surface area contributed by atoms with Gasteiger partial charge in [0.25, 0.3) is 5.91 Å². The van der Waals surface area contributed by atoms with E-state index in [1.54, 1.807) is 12.1 Å². The highest BCUT2D eigenvalue weighted by Crippen LogP contribution is 2.17. The normalized spacial score (nSPS) is 19.5. The predicted molar refractivity (Wildman–Crippen MR) is 94.9 cm³/mol. The molecule has 2 aromatic rings. The Balaban J connectivity index is 0.00000225. The smallest absolute Gasteiger partial charge is 0.251 e. The van der Waals surface area contributed by atoms with Crippen LogP contribution in [0.4, 0.5) is 4.39 Å². The molecular formula is C17H22ClFN4O2. The van der Waals surface area contributed by atoms with Gasteiger partial charge in [-0.15, -0.1) is 12.4 Å². The SMILES string of the molecule is Cc1cc(C)n(-c2ccc(C(=O)NCC3CNCC3O)cc2F)n1.Cl. The number of β-amino-alcohol motifs (C(OH)–C–C–N with tert-alkyl or cyclic N) is 1. The number of amides is 1. The monoisotopic (exact) mass is 368 g/mol. The molecule has 0 spiro atoms. The highest BCUT2D eigenvalue weighted by Gasteiger charge is 2.25. The molecule has 1 aliphatic rings. The van der Waals surface area contributed by atoms with Gasteiger partial charge in [-0.3, -0.25) is 4.79 Å². The lowest BCUT2D eigenvalue weighted by Gasteiger charge is -2.14. The second-order valence-corrected chi connectivity index (χ2v) is 6.20. The highest BCUT2D eigenvalue weighted by molar-refractivity contribution is 5.94. The number of aliphatic hydroxyl groups is 1. The van der Waals surface area contributed by atoms with Gasteiger partial charge in [0.15, 0.2) is 0 Å². The fraction of sp³-hybridized carbons (Fsp3) is 0.412. The maximum Gasteiger partial charge on any atom is 0.251 e. The largest absolute Gasteiger partial charge is 0.391 e. The van der Waals surface area contributed by atoms with Gasteiger partial charge in [-0.25, -0.2) is 9.07 Å². The highest BCUT2D eigenvalue weighted by atomic mass is 35.5. The molecule has 8 heteroatoms.